The third-order valence-corrected chi connectivity index (χ3v) is 8.63. The van der Waals surface area contributed by atoms with Crippen LogP contribution in [-0.4, -0.2) is 59.8 Å². The molecule has 1 saturated heterocycles. The van der Waals surface area contributed by atoms with E-state index < -0.39 is 0 Å². The van der Waals surface area contributed by atoms with Gasteiger partial charge < -0.3 is 9.64 Å². The number of ether oxygens (including phenoxy) is 1. The first-order valence-electron chi connectivity index (χ1n) is 12.4. The summed E-state index contributed by atoms with van der Waals surface area (Å²) in [5, 5.41) is 0. The van der Waals surface area contributed by atoms with Crippen molar-refractivity contribution < 1.29 is 14.3 Å². The molecule has 5 atom stereocenters. The number of hydrogen-bond acceptors (Lipinski definition) is 4. The summed E-state index contributed by atoms with van der Waals surface area (Å²) in [7, 11) is 1.88. The van der Waals surface area contributed by atoms with Crippen molar-refractivity contribution in [1.29, 1.82) is 0 Å². The number of nitrogens with zero attached hydrogens (tertiary/aromatic N) is 2. The number of benzene rings is 2. The highest BCUT2D eigenvalue weighted by Gasteiger charge is 2.65. The second kappa shape index (κ2) is 7.99. The van der Waals surface area contributed by atoms with Crippen molar-refractivity contribution in [3.05, 3.63) is 65.2 Å². The van der Waals surface area contributed by atoms with E-state index in [-0.39, 0.29) is 29.3 Å². The molecule has 174 valence electrons. The van der Waals surface area contributed by atoms with Crippen molar-refractivity contribution in [2.24, 2.45) is 5.92 Å². The molecule has 2 fully saturated rings. The quantitative estimate of drug-likeness (QED) is 0.669. The third kappa shape index (κ3) is 3.12. The predicted molar refractivity (Wildman–Crippen MR) is 130 cm³/mol. The molecule has 0 unspecified atom stereocenters. The SMILES string of the molecule is CC(=O)CN1CC[C@]23c4c5cccc4O[C@H]2[C@@H](N(C)C(=O)C#Cc2ccccc2)CC[C@H]3[C@H]1C5. The van der Waals surface area contributed by atoms with Gasteiger partial charge in [-0.3, -0.25) is 14.5 Å². The van der Waals surface area contributed by atoms with Gasteiger partial charge >= 0.3 is 0 Å². The van der Waals surface area contributed by atoms with Crippen LogP contribution >= 0.6 is 0 Å². The Kier molecular flexibility index (Phi) is 5.04. The maximum absolute atomic E-state index is 13.1. The fourth-order valence-electron chi connectivity index (χ4n) is 7.33. The van der Waals surface area contributed by atoms with Gasteiger partial charge in [0, 0.05) is 35.6 Å². The number of likely N-dealkylation sites (tertiary alicyclic amines) is 1. The average Bonchev–Trinajstić information content (AvgIpc) is 3.18. The van der Waals surface area contributed by atoms with Crippen molar-refractivity contribution in [1.82, 2.24) is 9.80 Å². The van der Waals surface area contributed by atoms with E-state index in [1.54, 1.807) is 6.92 Å². The van der Waals surface area contributed by atoms with Crippen molar-refractivity contribution in [2.75, 3.05) is 20.1 Å². The summed E-state index contributed by atoms with van der Waals surface area (Å²) in [6.07, 6.45) is 3.78. The number of piperidine rings is 1. The topological polar surface area (TPSA) is 49.9 Å². The molecule has 2 aromatic rings. The number of amides is 1. The van der Waals surface area contributed by atoms with Crippen LogP contribution in [0.1, 0.15) is 42.9 Å². The highest BCUT2D eigenvalue weighted by Crippen LogP contribution is 2.62. The molecule has 0 aromatic heterocycles. The van der Waals surface area contributed by atoms with Gasteiger partial charge in [0.1, 0.15) is 17.6 Å². The first-order valence-corrected chi connectivity index (χ1v) is 12.4. The maximum atomic E-state index is 13.1. The third-order valence-electron chi connectivity index (χ3n) is 8.63. The van der Waals surface area contributed by atoms with Crippen LogP contribution in [0.3, 0.4) is 0 Å². The Morgan fingerprint density at radius 3 is 2.76 bits per heavy atom. The number of rotatable bonds is 3. The fourth-order valence-corrected chi connectivity index (χ4v) is 7.33. The minimum atomic E-state index is -0.162. The molecule has 6 rings (SSSR count). The van der Waals surface area contributed by atoms with Crippen molar-refractivity contribution >= 4 is 11.7 Å². The second-order valence-electron chi connectivity index (χ2n) is 10.3. The standard InChI is InChI=1S/C29H30N2O3/c1-19(32)18-31-16-15-29-22-12-13-23(30(2)26(33)14-11-20-7-4-3-5-8-20)28(29)34-25-10-6-9-21(27(25)29)17-24(22)31/h3-10,22-24,28H,12-13,15-18H2,1-2H3/t22-,23-,24+,28-,29-/m0/s1. The van der Waals surface area contributed by atoms with Gasteiger partial charge in [-0.1, -0.05) is 36.3 Å². The molecule has 2 heterocycles. The molecule has 1 spiro atoms. The first-order chi connectivity index (χ1) is 16.5. The Morgan fingerprint density at radius 1 is 1.15 bits per heavy atom. The molecule has 4 aliphatic rings. The van der Waals surface area contributed by atoms with Gasteiger partial charge in [-0.05, 0) is 68.8 Å². The van der Waals surface area contributed by atoms with Gasteiger partial charge in [0.05, 0.1) is 12.6 Å². The summed E-state index contributed by atoms with van der Waals surface area (Å²) in [6.45, 7) is 3.11. The van der Waals surface area contributed by atoms with Crippen molar-refractivity contribution in [2.45, 2.75) is 56.2 Å². The maximum Gasteiger partial charge on any atom is 0.298 e. The number of carbonyl (C=O) groups is 2. The number of carbonyl (C=O) groups excluding carboxylic acids is 2. The molecule has 5 heteroatoms. The summed E-state index contributed by atoms with van der Waals surface area (Å²) in [5.41, 5.74) is 3.48. The molecule has 34 heavy (non-hydrogen) atoms. The monoisotopic (exact) mass is 454 g/mol. The molecular formula is C29H30N2O3. The van der Waals surface area contributed by atoms with E-state index in [9.17, 15) is 9.59 Å². The smallest absolute Gasteiger partial charge is 0.298 e. The summed E-state index contributed by atoms with van der Waals surface area (Å²) >= 11 is 0. The lowest BCUT2D eigenvalue weighted by Crippen LogP contribution is -2.69. The Hall–Kier alpha value is -3.10. The largest absolute Gasteiger partial charge is 0.487 e. The molecular weight excluding hydrogens is 424 g/mol. The van der Waals surface area contributed by atoms with Crippen molar-refractivity contribution in [3.8, 4) is 17.6 Å². The lowest BCUT2D eigenvalue weighted by molar-refractivity contribution is -0.136. The Morgan fingerprint density at radius 2 is 1.97 bits per heavy atom. The average molecular weight is 455 g/mol. The van der Waals surface area contributed by atoms with Crippen LogP contribution in [0, 0.1) is 17.8 Å². The summed E-state index contributed by atoms with van der Waals surface area (Å²) in [6, 6.07) is 16.4. The number of hydrogen-bond donors (Lipinski definition) is 0. The Labute approximate surface area is 201 Å². The Balaban J connectivity index is 1.34. The minimum absolute atomic E-state index is 0.0211. The molecule has 2 aliphatic heterocycles. The van der Waals surface area contributed by atoms with E-state index in [1.165, 1.54) is 11.1 Å². The van der Waals surface area contributed by atoms with Gasteiger partial charge in [-0.2, -0.15) is 0 Å². The van der Waals surface area contributed by atoms with Crippen LogP contribution in [0.4, 0.5) is 0 Å². The van der Waals surface area contributed by atoms with Crippen LogP contribution in [0.2, 0.25) is 0 Å². The van der Waals surface area contributed by atoms with Gasteiger partial charge in [0.15, 0.2) is 0 Å². The van der Waals surface area contributed by atoms with E-state index in [4.69, 9.17) is 4.74 Å². The molecule has 2 bridgehead atoms. The lowest BCUT2D eigenvalue weighted by atomic mass is 9.51. The zero-order valence-electron chi connectivity index (χ0n) is 19.8. The van der Waals surface area contributed by atoms with Crippen LogP contribution in [0.25, 0.3) is 0 Å². The van der Waals surface area contributed by atoms with E-state index in [2.05, 4.69) is 34.9 Å². The van der Waals surface area contributed by atoms with Gasteiger partial charge in [-0.15, -0.1) is 0 Å². The fraction of sp³-hybridized carbons (Fsp3) is 0.448. The first kappa shape index (κ1) is 21.4. The van der Waals surface area contributed by atoms with Gasteiger partial charge in [0.2, 0.25) is 0 Å². The molecule has 1 amide bonds. The summed E-state index contributed by atoms with van der Waals surface area (Å²) in [4.78, 5) is 29.4. The lowest BCUT2D eigenvalue weighted by Gasteiger charge is -2.60. The van der Waals surface area contributed by atoms with Crippen molar-refractivity contribution in [3.63, 3.8) is 0 Å². The predicted octanol–water partition coefficient (Wildman–Crippen LogP) is 3.19. The molecule has 1 saturated carbocycles. The highest BCUT2D eigenvalue weighted by atomic mass is 16.5. The molecule has 5 nitrogen and oxygen atoms in total. The van der Waals surface area contributed by atoms with Gasteiger partial charge in [-0.25, -0.2) is 0 Å². The number of ketones is 1. The van der Waals surface area contributed by atoms with Crippen LogP contribution in [0.5, 0.6) is 5.75 Å². The molecule has 0 radical (unpaired) electrons. The van der Waals surface area contributed by atoms with E-state index in [0.29, 0.717) is 18.5 Å². The van der Waals surface area contributed by atoms with E-state index in [1.807, 2.05) is 42.3 Å². The minimum Gasteiger partial charge on any atom is -0.487 e. The molecule has 2 aliphatic carbocycles. The van der Waals surface area contributed by atoms with E-state index >= 15 is 0 Å². The van der Waals surface area contributed by atoms with Crippen LogP contribution in [-0.2, 0) is 21.4 Å². The summed E-state index contributed by atoms with van der Waals surface area (Å²) in [5.74, 6) is 7.37. The summed E-state index contributed by atoms with van der Waals surface area (Å²) < 4.78 is 6.71. The Bertz CT molecular complexity index is 1210. The van der Waals surface area contributed by atoms with Crippen LogP contribution in [0.15, 0.2) is 48.5 Å². The molecule has 2 aromatic carbocycles. The highest BCUT2D eigenvalue weighted by molar-refractivity contribution is 5.94. The number of Topliss-reactive ketones (excluding diaryl/α,β-unsaturated/α-hetero) is 1. The number of likely N-dealkylation sites (N-methyl/N-ethyl adjacent to an activating group) is 1. The zero-order chi connectivity index (χ0) is 23.4. The molecule has 0 N–H and O–H groups in total. The second-order valence-corrected chi connectivity index (χ2v) is 10.3. The zero-order valence-corrected chi connectivity index (χ0v) is 19.8. The van der Waals surface area contributed by atoms with Crippen LogP contribution < -0.4 is 4.74 Å². The van der Waals surface area contributed by atoms with E-state index in [0.717, 1.165) is 43.5 Å². The van der Waals surface area contributed by atoms with Gasteiger partial charge in [0.25, 0.3) is 5.91 Å². The normalized spacial score (nSPS) is 30.4.